The molecule has 118 valence electrons. The molecule has 0 spiro atoms. The first kappa shape index (κ1) is 16.8. The second-order valence-electron chi connectivity index (χ2n) is 4.49. The van der Waals surface area contributed by atoms with Gasteiger partial charge in [-0.1, -0.05) is 17.7 Å². The Balaban J connectivity index is 1.86. The number of tetrazole rings is 1. The van der Waals surface area contributed by atoms with Gasteiger partial charge in [0.25, 0.3) is 0 Å². The highest BCUT2D eigenvalue weighted by atomic mass is 127. The van der Waals surface area contributed by atoms with E-state index in [-0.39, 0.29) is 12.4 Å². The molecule has 0 aliphatic heterocycles. The van der Waals surface area contributed by atoms with Gasteiger partial charge < -0.3 is 4.74 Å². The highest BCUT2D eigenvalue weighted by Crippen LogP contribution is 2.33. The predicted octanol–water partition coefficient (Wildman–Crippen LogP) is 4.45. The number of aromatic amines is 1. The zero-order valence-corrected chi connectivity index (χ0v) is 16.4. The highest BCUT2D eigenvalue weighted by Gasteiger charge is 2.14. The van der Waals surface area contributed by atoms with Crippen molar-refractivity contribution in [2.24, 2.45) is 0 Å². The number of nitrogens with zero attached hydrogens (tertiary/aromatic N) is 3. The van der Waals surface area contributed by atoms with Crippen molar-refractivity contribution in [1.82, 2.24) is 20.6 Å². The summed E-state index contributed by atoms with van der Waals surface area (Å²) in [7, 11) is 0. The van der Waals surface area contributed by atoms with Gasteiger partial charge in [-0.25, -0.2) is 4.39 Å². The molecule has 1 N–H and O–H groups in total. The van der Waals surface area contributed by atoms with Crippen molar-refractivity contribution in [2.75, 3.05) is 0 Å². The summed E-state index contributed by atoms with van der Waals surface area (Å²) in [5.41, 5.74) is 1.16. The SMILES string of the molecule is Fc1cccc(Cl)c1COc1c(I)cc(-c2nn[nH]n2)cc1I. The van der Waals surface area contributed by atoms with Crippen molar-refractivity contribution in [1.29, 1.82) is 0 Å². The third kappa shape index (κ3) is 3.74. The zero-order chi connectivity index (χ0) is 16.4. The van der Waals surface area contributed by atoms with Crippen molar-refractivity contribution in [3.05, 3.63) is 53.9 Å². The van der Waals surface area contributed by atoms with E-state index in [2.05, 4.69) is 65.8 Å². The zero-order valence-electron chi connectivity index (χ0n) is 11.4. The molecule has 3 aromatic rings. The smallest absolute Gasteiger partial charge is 0.204 e. The van der Waals surface area contributed by atoms with Crippen LogP contribution in [0.1, 0.15) is 5.56 Å². The third-order valence-corrected chi connectivity index (χ3v) is 4.98. The summed E-state index contributed by atoms with van der Waals surface area (Å²) in [6.07, 6.45) is 0. The van der Waals surface area contributed by atoms with Crippen LogP contribution < -0.4 is 4.74 Å². The minimum atomic E-state index is -0.383. The molecule has 2 aromatic carbocycles. The molecule has 1 aromatic heterocycles. The van der Waals surface area contributed by atoms with Gasteiger partial charge in [0.2, 0.25) is 5.82 Å². The first-order valence-corrected chi connectivity index (χ1v) is 8.88. The van der Waals surface area contributed by atoms with E-state index in [4.69, 9.17) is 16.3 Å². The van der Waals surface area contributed by atoms with Crippen LogP contribution in [0, 0.1) is 13.0 Å². The number of hydrogen-bond acceptors (Lipinski definition) is 4. The second-order valence-corrected chi connectivity index (χ2v) is 7.22. The lowest BCUT2D eigenvalue weighted by atomic mass is 10.2. The van der Waals surface area contributed by atoms with Crippen molar-refractivity contribution in [2.45, 2.75) is 6.61 Å². The number of nitrogens with one attached hydrogen (secondary N) is 1. The topological polar surface area (TPSA) is 63.7 Å². The summed E-state index contributed by atoms with van der Waals surface area (Å²) in [5, 5.41) is 14.2. The van der Waals surface area contributed by atoms with Crippen molar-refractivity contribution >= 4 is 56.8 Å². The van der Waals surface area contributed by atoms with Gasteiger partial charge in [0.15, 0.2) is 0 Å². The van der Waals surface area contributed by atoms with Crippen LogP contribution in [0.4, 0.5) is 4.39 Å². The van der Waals surface area contributed by atoms with Gasteiger partial charge in [-0.05, 0) is 74.7 Å². The van der Waals surface area contributed by atoms with Gasteiger partial charge in [0.1, 0.15) is 18.2 Å². The first-order valence-electron chi connectivity index (χ1n) is 6.35. The summed E-state index contributed by atoms with van der Waals surface area (Å²) >= 11 is 10.3. The fraction of sp³-hybridized carbons (Fsp3) is 0.0714. The molecule has 5 nitrogen and oxygen atoms in total. The van der Waals surface area contributed by atoms with Crippen molar-refractivity contribution in [3.8, 4) is 17.1 Å². The Kier molecular flexibility index (Phi) is 5.31. The van der Waals surface area contributed by atoms with E-state index >= 15 is 0 Å². The lowest BCUT2D eigenvalue weighted by Gasteiger charge is -2.13. The summed E-state index contributed by atoms with van der Waals surface area (Å²) in [6, 6.07) is 8.32. The molecular weight excluding hydrogens is 548 g/mol. The van der Waals surface area contributed by atoms with Crippen LogP contribution in [0.3, 0.4) is 0 Å². The lowest BCUT2D eigenvalue weighted by Crippen LogP contribution is -2.02. The van der Waals surface area contributed by atoms with Gasteiger partial charge in [0, 0.05) is 11.1 Å². The summed E-state index contributed by atoms with van der Waals surface area (Å²) in [4.78, 5) is 0. The number of hydrogen-bond donors (Lipinski definition) is 1. The molecule has 0 saturated heterocycles. The van der Waals surface area contributed by atoms with Gasteiger partial charge in [-0.2, -0.15) is 5.21 Å². The maximum Gasteiger partial charge on any atom is 0.204 e. The maximum atomic E-state index is 13.8. The largest absolute Gasteiger partial charge is 0.487 e. The first-order chi connectivity index (χ1) is 11.1. The minimum absolute atomic E-state index is 0.0546. The van der Waals surface area contributed by atoms with E-state index in [9.17, 15) is 4.39 Å². The molecule has 0 fully saturated rings. The molecule has 9 heteroatoms. The second kappa shape index (κ2) is 7.26. The molecule has 0 atom stereocenters. The number of rotatable bonds is 4. The standard InChI is InChI=1S/C14H8ClFI2N4O/c15-9-2-1-3-10(16)8(9)6-23-13-11(17)4-7(5-12(13)18)14-19-21-22-20-14/h1-5H,6H2,(H,19,20,21,22). The average molecular weight is 557 g/mol. The Morgan fingerprint density at radius 1 is 1.22 bits per heavy atom. The fourth-order valence-electron chi connectivity index (χ4n) is 1.93. The minimum Gasteiger partial charge on any atom is -0.487 e. The van der Waals surface area contributed by atoms with E-state index in [0.29, 0.717) is 22.2 Å². The Labute approximate surface area is 163 Å². The maximum absolute atomic E-state index is 13.8. The third-order valence-electron chi connectivity index (χ3n) is 3.02. The molecule has 1 heterocycles. The van der Waals surface area contributed by atoms with E-state index in [0.717, 1.165) is 12.7 Å². The molecule has 0 bridgehead atoms. The molecule has 0 saturated carbocycles. The normalized spacial score (nSPS) is 10.8. The Bertz CT molecular complexity index is 802. The number of aromatic nitrogens is 4. The van der Waals surface area contributed by atoms with Crippen molar-refractivity contribution in [3.63, 3.8) is 0 Å². The Morgan fingerprint density at radius 2 is 1.96 bits per heavy atom. The van der Waals surface area contributed by atoms with Crippen LogP contribution in [0.5, 0.6) is 5.75 Å². The van der Waals surface area contributed by atoms with E-state index in [1.54, 1.807) is 12.1 Å². The van der Waals surface area contributed by atoms with Crippen LogP contribution in [-0.4, -0.2) is 20.6 Å². The van der Waals surface area contributed by atoms with Crippen molar-refractivity contribution < 1.29 is 9.13 Å². The van der Waals surface area contributed by atoms with E-state index in [1.165, 1.54) is 6.07 Å². The number of ether oxygens (including phenoxy) is 1. The molecule has 0 amide bonds. The summed E-state index contributed by atoms with van der Waals surface area (Å²) in [5.74, 6) is 0.785. The van der Waals surface area contributed by atoms with Crippen LogP contribution in [-0.2, 0) is 6.61 Å². The summed E-state index contributed by atoms with van der Waals surface area (Å²) < 4.78 is 21.3. The fourth-order valence-corrected chi connectivity index (χ4v) is 4.22. The molecule has 3 rings (SSSR count). The van der Waals surface area contributed by atoms with Gasteiger partial charge in [0.05, 0.1) is 12.2 Å². The molecule has 0 radical (unpaired) electrons. The van der Waals surface area contributed by atoms with Crippen LogP contribution in [0.25, 0.3) is 11.4 Å². The predicted molar refractivity (Wildman–Crippen MR) is 101 cm³/mol. The Morgan fingerprint density at radius 3 is 2.57 bits per heavy atom. The molecule has 0 aliphatic carbocycles. The summed E-state index contributed by atoms with van der Waals surface area (Å²) in [6.45, 7) is 0.0546. The van der Waals surface area contributed by atoms with Crippen LogP contribution in [0.2, 0.25) is 5.02 Å². The van der Waals surface area contributed by atoms with Gasteiger partial charge >= 0.3 is 0 Å². The molecular formula is C14H8ClFI2N4O. The lowest BCUT2D eigenvalue weighted by molar-refractivity contribution is 0.295. The van der Waals surface area contributed by atoms with E-state index < -0.39 is 0 Å². The van der Waals surface area contributed by atoms with Gasteiger partial charge in [-0.3, -0.25) is 0 Å². The molecule has 0 aliphatic rings. The van der Waals surface area contributed by atoms with Crippen LogP contribution in [0.15, 0.2) is 30.3 Å². The Hall–Kier alpha value is -1.01. The quantitative estimate of drug-likeness (QED) is 0.483. The van der Waals surface area contributed by atoms with E-state index in [1.807, 2.05) is 12.1 Å². The molecule has 0 unspecified atom stereocenters. The monoisotopic (exact) mass is 556 g/mol. The number of H-pyrrole nitrogens is 1. The molecule has 23 heavy (non-hydrogen) atoms. The highest BCUT2D eigenvalue weighted by molar-refractivity contribution is 14.1. The number of halogens is 4. The average Bonchev–Trinajstić information content (AvgIpc) is 3.03. The van der Waals surface area contributed by atoms with Crippen LogP contribution >= 0.6 is 56.8 Å². The number of benzene rings is 2. The van der Waals surface area contributed by atoms with Gasteiger partial charge in [-0.15, -0.1) is 10.2 Å².